The molecule has 2 bridgehead atoms. The Labute approximate surface area is 339 Å². The molecule has 2 saturated heterocycles. The third kappa shape index (κ3) is 7.90. The van der Waals surface area contributed by atoms with Gasteiger partial charge in [0.2, 0.25) is 10.0 Å². The van der Waals surface area contributed by atoms with Crippen LogP contribution in [-0.4, -0.2) is 112 Å². The SMILES string of the molecule is CO[C@]1(CN2CCN3CCCC[C@@H]3C2)/C=C/C[C@H](C)[C@@H](C[C@H](C)O)S(=O)(=O)NC(=O)c2ccc3c(c2)N(C[C@@H]2CC[C@H]21)C[C@@]1(CCCc2cc(Cl)ccc21)CO3. The first-order valence-corrected chi connectivity index (χ1v) is 23.0. The van der Waals surface area contributed by atoms with Crippen LogP contribution < -0.4 is 14.4 Å². The maximum Gasteiger partial charge on any atom is 0.264 e. The van der Waals surface area contributed by atoms with Crippen LogP contribution in [0, 0.1) is 17.8 Å². The van der Waals surface area contributed by atoms with Gasteiger partial charge in [0.15, 0.2) is 0 Å². The second-order valence-electron chi connectivity index (χ2n) is 18.0. The van der Waals surface area contributed by atoms with Crippen LogP contribution in [0.15, 0.2) is 48.6 Å². The van der Waals surface area contributed by atoms with Gasteiger partial charge in [0.1, 0.15) is 11.4 Å². The van der Waals surface area contributed by atoms with Crippen LogP contribution in [-0.2, 0) is 26.6 Å². The number of anilines is 1. The zero-order chi connectivity index (χ0) is 39.2. The van der Waals surface area contributed by atoms with Crippen molar-refractivity contribution in [1.82, 2.24) is 14.5 Å². The summed E-state index contributed by atoms with van der Waals surface area (Å²) < 4.78 is 44.0. The molecule has 1 saturated carbocycles. The Kier molecular flexibility index (Phi) is 11.6. The van der Waals surface area contributed by atoms with E-state index in [0.29, 0.717) is 37.3 Å². The van der Waals surface area contributed by atoms with Crippen LogP contribution in [0.3, 0.4) is 0 Å². The van der Waals surface area contributed by atoms with E-state index in [1.807, 2.05) is 32.2 Å². The molecule has 306 valence electrons. The van der Waals surface area contributed by atoms with Crippen LogP contribution in [0.5, 0.6) is 5.75 Å². The number of amides is 1. The van der Waals surface area contributed by atoms with Gasteiger partial charge in [0, 0.05) is 68.4 Å². The number of hydrogen-bond donors (Lipinski definition) is 2. The molecular weight excluding hydrogens is 748 g/mol. The maximum atomic E-state index is 14.1. The largest absolute Gasteiger partial charge is 0.490 e. The van der Waals surface area contributed by atoms with Gasteiger partial charge in [-0.15, -0.1) is 0 Å². The van der Waals surface area contributed by atoms with E-state index in [0.717, 1.165) is 75.5 Å². The summed E-state index contributed by atoms with van der Waals surface area (Å²) in [6.07, 6.45) is 12.9. The van der Waals surface area contributed by atoms with E-state index >= 15 is 0 Å². The highest BCUT2D eigenvalue weighted by Crippen LogP contribution is 2.49. The van der Waals surface area contributed by atoms with E-state index in [-0.39, 0.29) is 29.2 Å². The lowest BCUT2D eigenvalue weighted by Crippen LogP contribution is -2.61. The lowest BCUT2D eigenvalue weighted by molar-refractivity contribution is -0.100. The second kappa shape index (κ2) is 16.2. The summed E-state index contributed by atoms with van der Waals surface area (Å²) in [5, 5.41) is 10.2. The molecule has 2 aromatic carbocycles. The van der Waals surface area contributed by atoms with Crippen molar-refractivity contribution >= 4 is 33.2 Å². The van der Waals surface area contributed by atoms with Crippen molar-refractivity contribution in [2.75, 3.05) is 64.4 Å². The van der Waals surface area contributed by atoms with E-state index in [1.54, 1.807) is 13.0 Å². The van der Waals surface area contributed by atoms with Gasteiger partial charge >= 0.3 is 0 Å². The average Bonchev–Trinajstić information content (AvgIpc) is 3.31. The fraction of sp³-hybridized carbons (Fsp3) is 0.659. The third-order valence-corrected chi connectivity index (χ3v) is 16.5. The van der Waals surface area contributed by atoms with Gasteiger partial charge in [-0.05, 0) is 130 Å². The Hall–Kier alpha value is -2.67. The zero-order valence-electron chi connectivity index (χ0n) is 33.4. The molecule has 56 heavy (non-hydrogen) atoms. The van der Waals surface area contributed by atoms with Crippen molar-refractivity contribution in [3.8, 4) is 5.75 Å². The Morgan fingerprint density at radius 1 is 1.07 bits per heavy atom. The molecule has 8 atom stereocenters. The molecule has 4 heterocycles. The van der Waals surface area contributed by atoms with Gasteiger partial charge < -0.3 is 19.5 Å². The van der Waals surface area contributed by atoms with Gasteiger partial charge in [0.25, 0.3) is 5.91 Å². The average molecular weight is 810 g/mol. The molecule has 3 fully saturated rings. The summed E-state index contributed by atoms with van der Waals surface area (Å²) in [6.45, 7) is 10.6. The number of halogens is 1. The number of piperazine rings is 1. The molecule has 2 aromatic rings. The maximum absolute atomic E-state index is 14.1. The molecule has 1 amide bonds. The number of carbonyl (C=O) groups is 1. The first-order chi connectivity index (χ1) is 26.9. The fourth-order valence-electron chi connectivity index (χ4n) is 11.2. The highest BCUT2D eigenvalue weighted by Gasteiger charge is 2.50. The Morgan fingerprint density at radius 3 is 2.71 bits per heavy atom. The van der Waals surface area contributed by atoms with Gasteiger partial charge in [-0.3, -0.25) is 14.6 Å². The minimum absolute atomic E-state index is 0.0178. The minimum Gasteiger partial charge on any atom is -0.490 e. The summed E-state index contributed by atoms with van der Waals surface area (Å²) in [5.74, 6) is 0.215. The normalized spacial score (nSPS) is 34.8. The molecule has 12 heteroatoms. The van der Waals surface area contributed by atoms with E-state index in [2.05, 4.69) is 43.7 Å². The van der Waals surface area contributed by atoms with Crippen LogP contribution in [0.4, 0.5) is 5.69 Å². The molecule has 0 unspecified atom stereocenters. The van der Waals surface area contributed by atoms with Crippen LogP contribution in [0.1, 0.15) is 93.1 Å². The number of rotatable bonds is 5. The highest BCUT2D eigenvalue weighted by molar-refractivity contribution is 7.90. The first-order valence-electron chi connectivity index (χ1n) is 21.1. The quantitative estimate of drug-likeness (QED) is 0.342. The number of nitrogens with zero attached hydrogens (tertiary/aromatic N) is 3. The minimum atomic E-state index is -4.16. The summed E-state index contributed by atoms with van der Waals surface area (Å²) in [7, 11) is -2.31. The molecule has 8 rings (SSSR count). The Balaban J connectivity index is 1.20. The number of nitrogens with one attached hydrogen (secondary N) is 1. The molecule has 10 nitrogen and oxygen atoms in total. The van der Waals surface area contributed by atoms with E-state index in [9.17, 15) is 18.3 Å². The molecule has 4 aliphatic heterocycles. The zero-order valence-corrected chi connectivity index (χ0v) is 35.0. The van der Waals surface area contributed by atoms with Crippen molar-refractivity contribution in [1.29, 1.82) is 0 Å². The summed E-state index contributed by atoms with van der Waals surface area (Å²) in [4.78, 5) is 21.6. The molecule has 0 radical (unpaired) electrons. The number of aliphatic hydroxyl groups excluding tert-OH is 1. The predicted octanol–water partition coefficient (Wildman–Crippen LogP) is 6.19. The van der Waals surface area contributed by atoms with Crippen LogP contribution in [0.2, 0.25) is 5.02 Å². The number of ether oxygens (including phenoxy) is 2. The molecule has 6 aliphatic rings. The number of hydrogen-bond acceptors (Lipinski definition) is 9. The first kappa shape index (κ1) is 40.1. The van der Waals surface area contributed by atoms with E-state index in [1.165, 1.54) is 36.9 Å². The second-order valence-corrected chi connectivity index (χ2v) is 20.4. The number of allylic oxidation sites excluding steroid dienone is 1. The lowest BCUT2D eigenvalue weighted by atomic mass is 9.63. The number of aliphatic hydroxyl groups is 1. The molecule has 0 aromatic heterocycles. The Bertz CT molecular complexity index is 1910. The third-order valence-electron chi connectivity index (χ3n) is 14.3. The smallest absolute Gasteiger partial charge is 0.264 e. The number of carbonyl (C=O) groups excluding carboxylic acids is 1. The number of fused-ring (bicyclic) bond motifs is 5. The molecule has 2 N–H and O–H groups in total. The van der Waals surface area contributed by atoms with Crippen molar-refractivity contribution in [3.05, 3.63) is 70.3 Å². The van der Waals surface area contributed by atoms with Gasteiger partial charge in [-0.1, -0.05) is 43.2 Å². The van der Waals surface area contributed by atoms with Crippen LogP contribution >= 0.6 is 11.6 Å². The van der Waals surface area contributed by atoms with Gasteiger partial charge in [0.05, 0.1) is 23.6 Å². The number of piperidine rings is 1. The number of methoxy groups -OCH3 is 1. The lowest BCUT2D eigenvalue weighted by Gasteiger charge is -2.53. The predicted molar refractivity (Wildman–Crippen MR) is 221 cm³/mol. The fourth-order valence-corrected chi connectivity index (χ4v) is 13.1. The van der Waals surface area contributed by atoms with Gasteiger partial charge in [-0.2, -0.15) is 0 Å². The monoisotopic (exact) mass is 808 g/mol. The topological polar surface area (TPSA) is 112 Å². The van der Waals surface area contributed by atoms with Crippen molar-refractivity contribution in [2.45, 2.75) is 106 Å². The highest BCUT2D eigenvalue weighted by atomic mass is 35.5. The van der Waals surface area contributed by atoms with Crippen molar-refractivity contribution < 1.29 is 27.8 Å². The summed E-state index contributed by atoms with van der Waals surface area (Å²) >= 11 is 6.53. The summed E-state index contributed by atoms with van der Waals surface area (Å²) in [5.41, 5.74) is 2.76. The number of sulfonamides is 1. The van der Waals surface area contributed by atoms with Crippen LogP contribution in [0.25, 0.3) is 0 Å². The molecular formula is C44H61ClN4O6S. The standard InChI is InChI=1S/C44H61ClN4O6S/c1-30-8-6-18-44(54-3,28-47-20-21-48-19-5-4-10-36(48)26-47)38-14-11-34(38)25-49-27-43(17-7-9-32-23-35(45)13-15-37(32)43)29-55-40-16-12-33(24-39(40)49)42(51)46-56(52,53)41(30)22-31(2)50/h6,12-13,15-16,18,23-24,30-31,34,36,38,41,50H,4-5,7-11,14,17,19-22,25-29H2,1-3H3,(H,46,51)/b18-6+/t30-,31-,34-,36+,38+,41+,43-,44-/m0/s1. The molecule has 1 spiro atoms. The summed E-state index contributed by atoms with van der Waals surface area (Å²) in [6, 6.07) is 12.2. The van der Waals surface area contributed by atoms with E-state index in [4.69, 9.17) is 21.1 Å². The Morgan fingerprint density at radius 2 is 1.93 bits per heavy atom. The van der Waals surface area contributed by atoms with E-state index < -0.39 is 32.9 Å². The van der Waals surface area contributed by atoms with Crippen molar-refractivity contribution in [3.63, 3.8) is 0 Å². The van der Waals surface area contributed by atoms with Gasteiger partial charge in [-0.25, -0.2) is 13.1 Å². The number of benzene rings is 2. The molecule has 2 aliphatic carbocycles. The van der Waals surface area contributed by atoms with Crippen molar-refractivity contribution in [2.24, 2.45) is 17.8 Å². The number of aryl methyl sites for hydroxylation is 1.